The molecule has 1 aromatic heterocycles. The Morgan fingerprint density at radius 3 is 3.00 bits per heavy atom. The zero-order chi connectivity index (χ0) is 11.3. The third-order valence-corrected chi connectivity index (χ3v) is 1.50. The molecule has 1 heterocycles. The molecule has 7 heteroatoms. The van der Waals surface area contributed by atoms with Crippen molar-refractivity contribution < 1.29 is 4.92 Å². The van der Waals surface area contributed by atoms with Gasteiger partial charge in [0.25, 0.3) is 5.70 Å². The minimum absolute atomic E-state index is 0.286. The molecule has 0 unspecified atom stereocenters. The van der Waals surface area contributed by atoms with Crippen LogP contribution in [0.3, 0.4) is 0 Å². The van der Waals surface area contributed by atoms with Crippen LogP contribution < -0.4 is 5.01 Å². The minimum atomic E-state index is -0.617. The molecule has 0 radical (unpaired) electrons. The number of aromatic nitrogens is 2. The van der Waals surface area contributed by atoms with Gasteiger partial charge < -0.3 is 0 Å². The largest absolute Gasteiger partial charge is 0.282 e. The average molecular weight is 207 g/mol. The van der Waals surface area contributed by atoms with Gasteiger partial charge in [0.05, 0.1) is 11.1 Å². The first-order valence-electron chi connectivity index (χ1n) is 3.98. The highest BCUT2D eigenvalue weighted by Gasteiger charge is 2.03. The van der Waals surface area contributed by atoms with Crippen molar-refractivity contribution in [1.82, 2.24) is 9.97 Å². The Labute approximate surface area is 85.9 Å². The summed E-state index contributed by atoms with van der Waals surface area (Å²) in [5.41, 5.74) is -0.286. The van der Waals surface area contributed by atoms with E-state index in [1.165, 1.54) is 23.6 Å². The molecule has 0 aromatic carbocycles. The molecular formula is C8H9N5O2. The highest BCUT2D eigenvalue weighted by atomic mass is 16.6. The van der Waals surface area contributed by atoms with Gasteiger partial charge in [0.2, 0.25) is 0 Å². The first-order valence-corrected chi connectivity index (χ1v) is 3.98. The molecule has 0 aliphatic carbocycles. The van der Waals surface area contributed by atoms with Crippen molar-refractivity contribution >= 4 is 12.0 Å². The van der Waals surface area contributed by atoms with E-state index in [0.29, 0.717) is 5.82 Å². The third kappa shape index (κ3) is 3.14. The minimum Gasteiger partial charge on any atom is -0.259 e. The maximum atomic E-state index is 10.2. The Hall–Kier alpha value is -2.31. The monoisotopic (exact) mass is 207 g/mol. The molecule has 0 fully saturated rings. The number of hydrogen-bond donors (Lipinski definition) is 0. The summed E-state index contributed by atoms with van der Waals surface area (Å²) in [5, 5.41) is 15.4. The van der Waals surface area contributed by atoms with Crippen LogP contribution >= 0.6 is 0 Å². The Kier molecular flexibility index (Phi) is 3.44. The van der Waals surface area contributed by atoms with Crippen molar-refractivity contribution in [3.63, 3.8) is 0 Å². The molecule has 0 amide bonds. The molecule has 1 rings (SSSR count). The van der Waals surface area contributed by atoms with Crippen molar-refractivity contribution in [2.75, 3.05) is 12.1 Å². The normalized spacial score (nSPS) is 10.2. The Morgan fingerprint density at radius 1 is 1.73 bits per heavy atom. The van der Waals surface area contributed by atoms with Crippen LogP contribution in [0.25, 0.3) is 0 Å². The van der Waals surface area contributed by atoms with Crippen LogP contribution in [0, 0.1) is 10.1 Å². The van der Waals surface area contributed by atoms with Crippen LogP contribution in [-0.4, -0.2) is 28.2 Å². The second-order valence-electron chi connectivity index (χ2n) is 2.58. The van der Waals surface area contributed by atoms with Gasteiger partial charge in [-0.25, -0.2) is 9.99 Å². The number of nitrogens with zero attached hydrogens (tertiary/aromatic N) is 5. The second-order valence-corrected chi connectivity index (χ2v) is 2.58. The standard InChI is InChI=1S/C8H9N5O2/c1-7(13(14)15)5-11-12(2)8-6-9-3-4-10-8/h3-6H,1H2,2H3/b11-5-. The first kappa shape index (κ1) is 10.8. The molecule has 0 saturated heterocycles. The number of hydrogen-bond acceptors (Lipinski definition) is 6. The molecule has 0 aliphatic rings. The third-order valence-electron chi connectivity index (χ3n) is 1.50. The number of rotatable bonds is 4. The Morgan fingerprint density at radius 2 is 2.47 bits per heavy atom. The smallest absolute Gasteiger partial charge is 0.259 e. The van der Waals surface area contributed by atoms with E-state index in [2.05, 4.69) is 21.6 Å². The fraction of sp³-hybridized carbons (Fsp3) is 0.125. The lowest BCUT2D eigenvalue weighted by Gasteiger charge is -2.09. The molecule has 0 atom stereocenters. The van der Waals surface area contributed by atoms with Gasteiger partial charge in [-0.15, -0.1) is 0 Å². The highest BCUT2D eigenvalue weighted by molar-refractivity contribution is 5.75. The summed E-state index contributed by atoms with van der Waals surface area (Å²) >= 11 is 0. The van der Waals surface area contributed by atoms with Crippen LogP contribution in [0.15, 0.2) is 36.0 Å². The van der Waals surface area contributed by atoms with Crippen molar-refractivity contribution in [3.05, 3.63) is 41.0 Å². The predicted molar refractivity (Wildman–Crippen MR) is 55.1 cm³/mol. The average Bonchev–Trinajstić information content (AvgIpc) is 2.26. The summed E-state index contributed by atoms with van der Waals surface area (Å²) < 4.78 is 0. The Balaban J connectivity index is 2.68. The molecular weight excluding hydrogens is 198 g/mol. The number of allylic oxidation sites excluding steroid dienone is 1. The van der Waals surface area contributed by atoms with E-state index in [9.17, 15) is 10.1 Å². The highest BCUT2D eigenvalue weighted by Crippen LogP contribution is 2.04. The topological polar surface area (TPSA) is 84.5 Å². The molecule has 7 nitrogen and oxygen atoms in total. The van der Waals surface area contributed by atoms with E-state index < -0.39 is 4.92 Å². The second kappa shape index (κ2) is 4.80. The molecule has 0 spiro atoms. The fourth-order valence-corrected chi connectivity index (χ4v) is 0.718. The van der Waals surface area contributed by atoms with Gasteiger partial charge in [0.1, 0.15) is 6.21 Å². The van der Waals surface area contributed by atoms with Gasteiger partial charge in [-0.05, 0) is 6.58 Å². The molecule has 0 bridgehead atoms. The zero-order valence-corrected chi connectivity index (χ0v) is 8.07. The zero-order valence-electron chi connectivity index (χ0n) is 8.07. The molecule has 78 valence electrons. The van der Waals surface area contributed by atoms with E-state index in [1.807, 2.05) is 0 Å². The van der Waals surface area contributed by atoms with Gasteiger partial charge >= 0.3 is 0 Å². The van der Waals surface area contributed by atoms with E-state index in [0.717, 1.165) is 6.21 Å². The van der Waals surface area contributed by atoms with Gasteiger partial charge in [-0.1, -0.05) is 0 Å². The predicted octanol–water partition coefficient (Wildman–Crippen LogP) is 0.689. The number of hydrazone groups is 1. The summed E-state index contributed by atoms with van der Waals surface area (Å²) in [6, 6.07) is 0. The van der Waals surface area contributed by atoms with Crippen molar-refractivity contribution in [3.8, 4) is 0 Å². The summed E-state index contributed by atoms with van der Waals surface area (Å²) in [5.74, 6) is 0.491. The van der Waals surface area contributed by atoms with Gasteiger partial charge in [-0.2, -0.15) is 5.10 Å². The summed E-state index contributed by atoms with van der Waals surface area (Å²) in [6.07, 6.45) is 5.57. The summed E-state index contributed by atoms with van der Waals surface area (Å²) in [6.45, 7) is 3.21. The van der Waals surface area contributed by atoms with Gasteiger partial charge in [0.15, 0.2) is 5.82 Å². The van der Waals surface area contributed by atoms with E-state index in [-0.39, 0.29) is 5.70 Å². The maximum Gasteiger partial charge on any atom is 0.282 e. The first-order chi connectivity index (χ1) is 7.11. The lowest BCUT2D eigenvalue weighted by Crippen LogP contribution is -2.12. The molecule has 0 aliphatic heterocycles. The van der Waals surface area contributed by atoms with Crippen LogP contribution in [-0.2, 0) is 0 Å². The number of nitro groups is 1. The SMILES string of the molecule is C=C(/C=N\N(C)c1cnccn1)[N+](=O)[O-]. The van der Waals surface area contributed by atoms with Crippen LogP contribution in [0.4, 0.5) is 5.82 Å². The van der Waals surface area contributed by atoms with Crippen LogP contribution in [0.2, 0.25) is 0 Å². The number of anilines is 1. The fourth-order valence-electron chi connectivity index (χ4n) is 0.718. The lowest BCUT2D eigenvalue weighted by atomic mass is 10.6. The molecule has 0 saturated carbocycles. The van der Waals surface area contributed by atoms with Crippen molar-refractivity contribution in [2.24, 2.45) is 5.10 Å². The maximum absolute atomic E-state index is 10.2. The summed E-state index contributed by atoms with van der Waals surface area (Å²) in [7, 11) is 1.60. The molecule has 0 N–H and O–H groups in total. The molecule has 15 heavy (non-hydrogen) atoms. The van der Waals surface area contributed by atoms with Gasteiger partial charge in [0, 0.05) is 19.4 Å². The van der Waals surface area contributed by atoms with Crippen LogP contribution in [0.5, 0.6) is 0 Å². The van der Waals surface area contributed by atoms with Crippen molar-refractivity contribution in [1.29, 1.82) is 0 Å². The van der Waals surface area contributed by atoms with E-state index in [4.69, 9.17) is 0 Å². The van der Waals surface area contributed by atoms with Gasteiger partial charge in [-0.3, -0.25) is 15.1 Å². The lowest BCUT2D eigenvalue weighted by molar-refractivity contribution is -0.413. The van der Waals surface area contributed by atoms with Crippen LogP contribution in [0.1, 0.15) is 0 Å². The summed E-state index contributed by atoms with van der Waals surface area (Å²) in [4.78, 5) is 17.4. The van der Waals surface area contributed by atoms with Crippen molar-refractivity contribution in [2.45, 2.75) is 0 Å². The Bertz CT molecular complexity index is 389. The van der Waals surface area contributed by atoms with E-state index in [1.54, 1.807) is 7.05 Å². The quantitative estimate of drug-likeness (QED) is 0.412. The molecule has 1 aromatic rings. The van der Waals surface area contributed by atoms with E-state index >= 15 is 0 Å².